The van der Waals surface area contributed by atoms with Gasteiger partial charge in [-0.2, -0.15) is 0 Å². The molecule has 37 heavy (non-hydrogen) atoms. The summed E-state index contributed by atoms with van der Waals surface area (Å²) >= 11 is 0. The van der Waals surface area contributed by atoms with Crippen molar-refractivity contribution < 1.29 is 13.9 Å². The van der Waals surface area contributed by atoms with Gasteiger partial charge in [0, 0.05) is 31.8 Å². The Balaban J connectivity index is 1.72. The van der Waals surface area contributed by atoms with Gasteiger partial charge in [0.25, 0.3) is 0 Å². The number of nitrogens with one attached hydrogen (secondary N) is 2. The lowest BCUT2D eigenvalue weighted by Gasteiger charge is -2.26. The van der Waals surface area contributed by atoms with Crippen molar-refractivity contribution in [3.05, 3.63) is 79.4 Å². The first-order valence-corrected chi connectivity index (χ1v) is 11.8. The highest BCUT2D eigenvalue weighted by atomic mass is 19.1. The summed E-state index contributed by atoms with van der Waals surface area (Å²) < 4.78 is 21.5. The van der Waals surface area contributed by atoms with Crippen molar-refractivity contribution in [2.45, 2.75) is 0 Å². The van der Waals surface area contributed by atoms with E-state index in [1.807, 2.05) is 62.1 Å². The van der Waals surface area contributed by atoms with Gasteiger partial charge < -0.3 is 29.6 Å². The molecule has 0 atom stereocenters. The number of carbonyl (C=O) groups excluding carboxylic acids is 1. The lowest BCUT2D eigenvalue weighted by atomic mass is 10.1. The van der Waals surface area contributed by atoms with Crippen LogP contribution in [0.25, 0.3) is 16.8 Å². The second-order valence-corrected chi connectivity index (χ2v) is 8.91. The summed E-state index contributed by atoms with van der Waals surface area (Å²) in [7, 11) is 7.58. The van der Waals surface area contributed by atoms with Gasteiger partial charge in [0.05, 0.1) is 47.8 Å². The number of anilines is 4. The highest BCUT2D eigenvalue weighted by Gasteiger charge is 2.16. The predicted molar refractivity (Wildman–Crippen MR) is 148 cm³/mol. The first-order valence-electron chi connectivity index (χ1n) is 11.8. The van der Waals surface area contributed by atoms with Gasteiger partial charge in [0.15, 0.2) is 0 Å². The molecule has 0 saturated heterocycles. The molecular weight excluding hydrogens is 471 g/mol. The molecule has 0 radical (unpaired) electrons. The van der Waals surface area contributed by atoms with Gasteiger partial charge in [-0.05, 0) is 50.5 Å². The number of amides is 1. The number of hydrogen-bond acceptors (Lipinski definition) is 6. The van der Waals surface area contributed by atoms with Crippen molar-refractivity contribution >= 4 is 34.3 Å². The molecule has 0 spiro atoms. The minimum absolute atomic E-state index is 0.297. The third-order valence-electron chi connectivity index (χ3n) is 5.98. The molecule has 0 bridgehead atoms. The van der Waals surface area contributed by atoms with E-state index in [2.05, 4.69) is 32.0 Å². The van der Waals surface area contributed by atoms with E-state index in [-0.39, 0.29) is 11.7 Å². The highest BCUT2D eigenvalue weighted by molar-refractivity contribution is 6.02. The molecule has 192 valence electrons. The van der Waals surface area contributed by atoms with Gasteiger partial charge in [-0.3, -0.25) is 4.79 Å². The van der Waals surface area contributed by atoms with E-state index < -0.39 is 0 Å². The Labute approximate surface area is 216 Å². The molecule has 9 heteroatoms. The number of methoxy groups -OCH3 is 1. The van der Waals surface area contributed by atoms with Crippen LogP contribution in [0.5, 0.6) is 5.75 Å². The summed E-state index contributed by atoms with van der Waals surface area (Å²) in [6.45, 7) is 5.15. The minimum Gasteiger partial charge on any atom is -0.494 e. The maximum absolute atomic E-state index is 13.9. The van der Waals surface area contributed by atoms with Crippen molar-refractivity contribution in [1.82, 2.24) is 14.3 Å². The summed E-state index contributed by atoms with van der Waals surface area (Å²) in [5.74, 6) is 0.525. The van der Waals surface area contributed by atoms with Crippen LogP contribution in [0.1, 0.15) is 0 Å². The SMILES string of the molecule is C=CC(=O)Nc1cc(Nc2cn3c(-c4cccc(F)c4)ccc3cn2)c(OC)cc1N(C)CCN(C)C. The number of ether oxygens (including phenoxy) is 1. The van der Waals surface area contributed by atoms with E-state index >= 15 is 0 Å². The van der Waals surface area contributed by atoms with Crippen molar-refractivity contribution in [1.29, 1.82) is 0 Å². The van der Waals surface area contributed by atoms with E-state index in [1.165, 1.54) is 18.2 Å². The van der Waals surface area contributed by atoms with E-state index in [0.29, 0.717) is 22.9 Å². The fourth-order valence-corrected chi connectivity index (χ4v) is 4.00. The van der Waals surface area contributed by atoms with Gasteiger partial charge in [-0.15, -0.1) is 0 Å². The second kappa shape index (κ2) is 11.1. The minimum atomic E-state index is -0.315. The monoisotopic (exact) mass is 502 g/mol. The number of likely N-dealkylation sites (N-methyl/N-ethyl adjacent to an activating group) is 2. The molecule has 0 unspecified atom stereocenters. The Morgan fingerprint density at radius 2 is 1.95 bits per heavy atom. The average Bonchev–Trinajstić information content (AvgIpc) is 3.30. The van der Waals surface area contributed by atoms with Gasteiger partial charge >= 0.3 is 0 Å². The average molecular weight is 503 g/mol. The topological polar surface area (TPSA) is 74.1 Å². The van der Waals surface area contributed by atoms with Crippen molar-refractivity contribution in [2.24, 2.45) is 0 Å². The van der Waals surface area contributed by atoms with E-state index in [0.717, 1.165) is 35.6 Å². The molecule has 8 nitrogen and oxygen atoms in total. The number of fused-ring (bicyclic) bond motifs is 1. The van der Waals surface area contributed by atoms with Crippen LogP contribution in [0.15, 0.2) is 73.6 Å². The fourth-order valence-electron chi connectivity index (χ4n) is 4.00. The number of hydrogen-bond donors (Lipinski definition) is 2. The van der Waals surface area contributed by atoms with Gasteiger partial charge in [-0.1, -0.05) is 18.7 Å². The number of carbonyl (C=O) groups is 1. The molecule has 2 N–H and O–H groups in total. The highest BCUT2D eigenvalue weighted by Crippen LogP contribution is 2.38. The van der Waals surface area contributed by atoms with Crippen molar-refractivity contribution in [3.63, 3.8) is 0 Å². The van der Waals surface area contributed by atoms with Gasteiger partial charge in [0.2, 0.25) is 5.91 Å². The molecule has 2 heterocycles. The first kappa shape index (κ1) is 25.7. The molecule has 4 rings (SSSR count). The molecular formula is C28H31FN6O2. The molecule has 1 amide bonds. The molecule has 0 aliphatic carbocycles. The van der Waals surface area contributed by atoms with Gasteiger partial charge in [-0.25, -0.2) is 9.37 Å². The summed E-state index contributed by atoms with van der Waals surface area (Å²) in [5, 5.41) is 6.21. The Morgan fingerprint density at radius 1 is 1.14 bits per heavy atom. The van der Waals surface area contributed by atoms with E-state index in [9.17, 15) is 9.18 Å². The maximum Gasteiger partial charge on any atom is 0.247 e. The lowest BCUT2D eigenvalue weighted by molar-refractivity contribution is -0.111. The van der Waals surface area contributed by atoms with Crippen LogP contribution in [-0.4, -0.2) is 61.5 Å². The quantitative estimate of drug-likeness (QED) is 0.297. The molecule has 0 fully saturated rings. The lowest BCUT2D eigenvalue weighted by Crippen LogP contribution is -2.29. The fraction of sp³-hybridized carbons (Fsp3) is 0.214. The molecule has 4 aromatic rings. The largest absolute Gasteiger partial charge is 0.494 e. The second-order valence-electron chi connectivity index (χ2n) is 8.91. The smallest absolute Gasteiger partial charge is 0.247 e. The van der Waals surface area contributed by atoms with Crippen LogP contribution in [0, 0.1) is 5.82 Å². The van der Waals surface area contributed by atoms with E-state index in [1.54, 1.807) is 19.4 Å². The zero-order chi connectivity index (χ0) is 26.5. The number of benzene rings is 2. The van der Waals surface area contributed by atoms with Crippen molar-refractivity contribution in [2.75, 3.05) is 56.9 Å². The number of rotatable bonds is 10. The summed E-state index contributed by atoms with van der Waals surface area (Å²) in [5.41, 5.74) is 4.50. The molecule has 0 aliphatic heterocycles. The summed E-state index contributed by atoms with van der Waals surface area (Å²) in [6, 6.07) is 14.0. The zero-order valence-corrected chi connectivity index (χ0v) is 21.5. The van der Waals surface area contributed by atoms with Crippen LogP contribution < -0.4 is 20.3 Å². The Hall–Kier alpha value is -4.37. The third kappa shape index (κ3) is 5.90. The van der Waals surface area contributed by atoms with Crippen LogP contribution >= 0.6 is 0 Å². The summed E-state index contributed by atoms with van der Waals surface area (Å²) in [4.78, 5) is 20.9. The standard InChI is InChI=1S/C28H31FN6O2/c1-6-28(36)32-22-15-23(26(37-5)16-25(22)34(4)13-12-33(2)3)31-27-18-35-21(17-30-27)10-11-24(35)19-8-7-9-20(29)14-19/h6-11,14-18,31H,1,12-13H2,2-5H3,(H,32,36). The summed E-state index contributed by atoms with van der Waals surface area (Å²) in [6.07, 6.45) is 4.81. The number of halogens is 1. The van der Waals surface area contributed by atoms with Gasteiger partial charge in [0.1, 0.15) is 17.4 Å². The van der Waals surface area contributed by atoms with Crippen LogP contribution in [-0.2, 0) is 4.79 Å². The Kier molecular flexibility index (Phi) is 7.74. The first-order chi connectivity index (χ1) is 17.8. The molecule has 0 aliphatic rings. The van der Waals surface area contributed by atoms with Crippen molar-refractivity contribution in [3.8, 4) is 17.0 Å². The molecule has 2 aromatic carbocycles. The molecule has 2 aromatic heterocycles. The number of aromatic nitrogens is 2. The van der Waals surface area contributed by atoms with E-state index in [4.69, 9.17) is 4.74 Å². The van der Waals surface area contributed by atoms with Crippen LogP contribution in [0.2, 0.25) is 0 Å². The van der Waals surface area contributed by atoms with Crippen LogP contribution in [0.4, 0.5) is 27.3 Å². The number of nitrogens with zero attached hydrogens (tertiary/aromatic N) is 4. The maximum atomic E-state index is 13.9. The Bertz CT molecular complexity index is 1430. The Morgan fingerprint density at radius 3 is 2.65 bits per heavy atom. The predicted octanol–water partition coefficient (Wildman–Crippen LogP) is 5.01. The van der Waals surface area contributed by atoms with Crippen LogP contribution in [0.3, 0.4) is 0 Å². The third-order valence-corrected chi connectivity index (χ3v) is 5.98. The zero-order valence-electron chi connectivity index (χ0n) is 21.5. The molecule has 0 saturated carbocycles. The normalized spacial score (nSPS) is 11.0.